The second-order valence-corrected chi connectivity index (χ2v) is 4.37. The van der Waals surface area contributed by atoms with Crippen molar-refractivity contribution in [2.75, 3.05) is 38.5 Å². The van der Waals surface area contributed by atoms with E-state index in [1.54, 1.807) is 25.4 Å². The third kappa shape index (κ3) is 5.26. The Kier molecular flexibility index (Phi) is 6.89. The highest BCUT2D eigenvalue weighted by Gasteiger charge is 2.06. The molecule has 5 heteroatoms. The molecule has 1 rings (SSSR count). The van der Waals surface area contributed by atoms with Crippen molar-refractivity contribution < 1.29 is 4.79 Å². The van der Waals surface area contributed by atoms with Crippen molar-refractivity contribution in [2.45, 2.75) is 20.3 Å². The van der Waals surface area contributed by atoms with Crippen molar-refractivity contribution in [3.63, 3.8) is 0 Å². The van der Waals surface area contributed by atoms with E-state index in [1.807, 2.05) is 0 Å². The summed E-state index contributed by atoms with van der Waals surface area (Å²) >= 11 is 0. The molecule has 0 aliphatic heterocycles. The van der Waals surface area contributed by atoms with Gasteiger partial charge in [-0.1, -0.05) is 13.8 Å². The molecule has 0 saturated heterocycles. The lowest BCUT2D eigenvalue weighted by atomic mass is 10.2. The number of rotatable bonds is 8. The van der Waals surface area contributed by atoms with Gasteiger partial charge in [-0.05, 0) is 31.6 Å². The third-order valence-corrected chi connectivity index (χ3v) is 2.98. The molecular weight excluding hydrogens is 240 g/mol. The molecule has 0 unspecified atom stereocenters. The van der Waals surface area contributed by atoms with Crippen molar-refractivity contribution in [1.82, 2.24) is 15.2 Å². The van der Waals surface area contributed by atoms with Crippen LogP contribution in [0.2, 0.25) is 0 Å². The molecule has 19 heavy (non-hydrogen) atoms. The fraction of sp³-hybridized carbons (Fsp3) is 0.571. The van der Waals surface area contributed by atoms with Crippen molar-refractivity contribution >= 4 is 11.7 Å². The van der Waals surface area contributed by atoms with E-state index >= 15 is 0 Å². The third-order valence-electron chi connectivity index (χ3n) is 2.98. The summed E-state index contributed by atoms with van der Waals surface area (Å²) in [4.78, 5) is 18.3. The van der Waals surface area contributed by atoms with Crippen molar-refractivity contribution in [3.8, 4) is 0 Å². The summed E-state index contributed by atoms with van der Waals surface area (Å²) < 4.78 is 0. The molecule has 5 nitrogen and oxygen atoms in total. The van der Waals surface area contributed by atoms with Crippen LogP contribution < -0.4 is 10.6 Å². The second kappa shape index (κ2) is 8.48. The quantitative estimate of drug-likeness (QED) is 0.748. The number of carbonyl (C=O) groups excluding carboxylic acids is 1. The maximum Gasteiger partial charge on any atom is 0.252 e. The summed E-state index contributed by atoms with van der Waals surface area (Å²) in [7, 11) is 1.80. The summed E-state index contributed by atoms with van der Waals surface area (Å²) in [6.45, 7) is 7.94. The average molecular weight is 264 g/mol. The number of likely N-dealkylation sites (N-methyl/N-ethyl adjacent to an activating group) is 1. The maximum absolute atomic E-state index is 11.9. The molecule has 0 aliphatic carbocycles. The molecular formula is C14H24N4O. The predicted octanol–water partition coefficient (Wildman–Crippen LogP) is 1.58. The number of aromatic nitrogens is 1. The predicted molar refractivity (Wildman–Crippen MR) is 78.5 cm³/mol. The monoisotopic (exact) mass is 264 g/mol. The Hall–Kier alpha value is -1.62. The molecule has 0 fully saturated rings. The van der Waals surface area contributed by atoms with Gasteiger partial charge in [-0.25, -0.2) is 4.98 Å². The zero-order chi connectivity index (χ0) is 14.1. The molecule has 1 amide bonds. The van der Waals surface area contributed by atoms with Gasteiger partial charge in [0.15, 0.2) is 0 Å². The van der Waals surface area contributed by atoms with Gasteiger partial charge in [0.2, 0.25) is 0 Å². The first-order chi connectivity index (χ1) is 9.21. The molecule has 2 N–H and O–H groups in total. The molecule has 0 atom stereocenters. The minimum absolute atomic E-state index is 0.0669. The molecule has 0 saturated carbocycles. The van der Waals surface area contributed by atoms with Gasteiger partial charge in [-0.3, -0.25) is 4.79 Å². The van der Waals surface area contributed by atoms with Crippen LogP contribution in [-0.2, 0) is 0 Å². The summed E-state index contributed by atoms with van der Waals surface area (Å²) in [5.41, 5.74) is 0.595. The van der Waals surface area contributed by atoms with E-state index in [2.05, 4.69) is 34.4 Å². The van der Waals surface area contributed by atoms with Crippen LogP contribution in [0.1, 0.15) is 30.6 Å². The molecule has 0 radical (unpaired) electrons. The Morgan fingerprint density at radius 3 is 2.63 bits per heavy atom. The molecule has 106 valence electrons. The van der Waals surface area contributed by atoms with Crippen LogP contribution in [0.25, 0.3) is 0 Å². The van der Waals surface area contributed by atoms with Crippen LogP contribution in [0.4, 0.5) is 5.82 Å². The number of nitrogens with one attached hydrogen (secondary N) is 2. The van der Waals surface area contributed by atoms with Crippen molar-refractivity contribution in [2.24, 2.45) is 0 Å². The van der Waals surface area contributed by atoms with Gasteiger partial charge in [0.05, 0.1) is 5.56 Å². The number of amides is 1. The fourth-order valence-corrected chi connectivity index (χ4v) is 1.85. The van der Waals surface area contributed by atoms with Crippen molar-refractivity contribution in [1.29, 1.82) is 0 Å². The number of nitrogens with zero attached hydrogens (tertiary/aromatic N) is 2. The standard InChI is InChI=1S/C14H24N4O/c1-4-9-18(5-2)10-8-16-14(19)12-6-7-13(15-3)17-11-12/h6-7,11H,4-5,8-10H2,1-3H3,(H,15,17)(H,16,19). The zero-order valence-corrected chi connectivity index (χ0v) is 12.1. The van der Waals surface area contributed by atoms with E-state index in [1.165, 1.54) is 0 Å². The maximum atomic E-state index is 11.9. The molecule has 0 spiro atoms. The second-order valence-electron chi connectivity index (χ2n) is 4.37. The zero-order valence-electron chi connectivity index (χ0n) is 12.1. The Labute approximate surface area is 115 Å². The Morgan fingerprint density at radius 2 is 2.11 bits per heavy atom. The smallest absolute Gasteiger partial charge is 0.252 e. The lowest BCUT2D eigenvalue weighted by Gasteiger charge is -2.19. The summed E-state index contributed by atoms with van der Waals surface area (Å²) in [5, 5.41) is 5.84. The van der Waals surface area contributed by atoms with Crippen LogP contribution in [0.3, 0.4) is 0 Å². The van der Waals surface area contributed by atoms with Gasteiger partial charge < -0.3 is 15.5 Å². The lowest BCUT2D eigenvalue weighted by molar-refractivity contribution is 0.0948. The molecule has 0 aromatic carbocycles. The van der Waals surface area contributed by atoms with E-state index in [0.717, 1.165) is 31.9 Å². The number of pyridine rings is 1. The highest BCUT2D eigenvalue weighted by Crippen LogP contribution is 2.03. The van der Waals surface area contributed by atoms with Gasteiger partial charge in [0.25, 0.3) is 5.91 Å². The number of hydrogen-bond acceptors (Lipinski definition) is 4. The Bertz CT molecular complexity index is 378. The first-order valence-electron chi connectivity index (χ1n) is 6.85. The summed E-state index contributed by atoms with van der Waals surface area (Å²) in [6, 6.07) is 3.57. The highest BCUT2D eigenvalue weighted by molar-refractivity contribution is 5.94. The minimum Gasteiger partial charge on any atom is -0.373 e. The van der Waals surface area contributed by atoms with Gasteiger partial charge in [0, 0.05) is 26.3 Å². The van der Waals surface area contributed by atoms with Crippen molar-refractivity contribution in [3.05, 3.63) is 23.9 Å². The van der Waals surface area contributed by atoms with E-state index in [9.17, 15) is 4.79 Å². The first kappa shape index (κ1) is 15.4. The number of anilines is 1. The molecule has 1 aromatic rings. The Balaban J connectivity index is 2.37. The minimum atomic E-state index is -0.0669. The number of carbonyl (C=O) groups is 1. The molecule has 0 aliphatic rings. The van der Waals surface area contributed by atoms with E-state index in [4.69, 9.17) is 0 Å². The van der Waals surface area contributed by atoms with Gasteiger partial charge in [0.1, 0.15) is 5.82 Å². The van der Waals surface area contributed by atoms with Crippen LogP contribution in [0.5, 0.6) is 0 Å². The van der Waals surface area contributed by atoms with E-state index in [0.29, 0.717) is 12.1 Å². The highest BCUT2D eigenvalue weighted by atomic mass is 16.1. The van der Waals surface area contributed by atoms with Crippen LogP contribution in [-0.4, -0.2) is 49.0 Å². The van der Waals surface area contributed by atoms with E-state index < -0.39 is 0 Å². The lowest BCUT2D eigenvalue weighted by Crippen LogP contribution is -2.35. The average Bonchev–Trinajstić information content (AvgIpc) is 2.46. The molecule has 1 aromatic heterocycles. The van der Waals surface area contributed by atoms with Crippen LogP contribution in [0.15, 0.2) is 18.3 Å². The van der Waals surface area contributed by atoms with Gasteiger partial charge in [-0.2, -0.15) is 0 Å². The van der Waals surface area contributed by atoms with Gasteiger partial charge >= 0.3 is 0 Å². The van der Waals surface area contributed by atoms with Crippen LogP contribution >= 0.6 is 0 Å². The molecule has 1 heterocycles. The number of hydrogen-bond donors (Lipinski definition) is 2. The fourth-order valence-electron chi connectivity index (χ4n) is 1.85. The van der Waals surface area contributed by atoms with E-state index in [-0.39, 0.29) is 5.91 Å². The first-order valence-corrected chi connectivity index (χ1v) is 6.85. The normalized spacial score (nSPS) is 10.5. The topological polar surface area (TPSA) is 57.3 Å². The molecule has 0 bridgehead atoms. The summed E-state index contributed by atoms with van der Waals surface area (Å²) in [6.07, 6.45) is 2.72. The van der Waals surface area contributed by atoms with Gasteiger partial charge in [-0.15, -0.1) is 0 Å². The Morgan fingerprint density at radius 1 is 1.32 bits per heavy atom. The SMILES string of the molecule is CCCN(CC)CCNC(=O)c1ccc(NC)nc1. The largest absolute Gasteiger partial charge is 0.373 e. The van der Waals surface area contributed by atoms with Crippen LogP contribution in [0, 0.1) is 0 Å². The summed E-state index contributed by atoms with van der Waals surface area (Å²) in [5.74, 6) is 0.694.